The van der Waals surface area contributed by atoms with Gasteiger partial charge in [-0.05, 0) is 72.4 Å². The molecule has 6 bridgehead atoms. The van der Waals surface area contributed by atoms with Crippen LogP contribution in [0.25, 0.3) is 0 Å². The zero-order valence-corrected chi connectivity index (χ0v) is 25.2. The van der Waals surface area contributed by atoms with Gasteiger partial charge >= 0.3 is 0 Å². The first-order valence-electron chi connectivity index (χ1n) is 14.9. The van der Waals surface area contributed by atoms with Crippen LogP contribution in [0.1, 0.15) is 123 Å². The number of nitrogens with zero attached hydrogens (tertiary/aromatic N) is 2. The zero-order chi connectivity index (χ0) is 30.1. The van der Waals surface area contributed by atoms with Crippen LogP contribution in [0.3, 0.4) is 0 Å². The minimum absolute atomic E-state index is 0.0192. The minimum Gasteiger partial charge on any atom is -0.369 e. The van der Waals surface area contributed by atoms with E-state index in [0.717, 1.165) is 30.4 Å². The van der Waals surface area contributed by atoms with E-state index in [2.05, 4.69) is 56.2 Å². The van der Waals surface area contributed by atoms with Gasteiger partial charge in [-0.1, -0.05) is 65.3 Å². The summed E-state index contributed by atoms with van der Waals surface area (Å²) < 4.78 is 30.2. The number of rotatable bonds is 1. The Hall–Kier alpha value is -3.29. The molecular weight excluding hydrogens is 522 g/mol. The Morgan fingerprint density at radius 2 is 1.80 bits per heavy atom. The van der Waals surface area contributed by atoms with Gasteiger partial charge in [0.2, 0.25) is 5.91 Å². The third-order valence-electron chi connectivity index (χ3n) is 8.16. The van der Waals surface area contributed by atoms with Crippen LogP contribution in [0.5, 0.6) is 0 Å². The lowest BCUT2D eigenvalue weighted by Crippen LogP contribution is -2.48. The topological polar surface area (TPSA) is 87.8 Å². The average molecular weight is 567 g/mol. The molecule has 0 saturated heterocycles. The lowest BCUT2D eigenvalue weighted by Gasteiger charge is -2.34. The second-order valence-electron chi connectivity index (χ2n) is 12.6. The number of benzene rings is 2. The average Bonchev–Trinajstić information content (AvgIpc) is 3.16. The molecule has 6 rings (SSSR count). The summed E-state index contributed by atoms with van der Waals surface area (Å²) in [6.07, 6.45) is 3.64. The number of aliphatic imine (C=N–C) groups is 1. The first-order valence-corrected chi connectivity index (χ1v) is 14.9. The van der Waals surface area contributed by atoms with Gasteiger partial charge in [-0.15, -0.1) is 0 Å². The maximum Gasteiger partial charge on any atom is 0.275 e. The molecule has 2 aromatic rings. The van der Waals surface area contributed by atoms with E-state index in [4.69, 9.17) is 5.73 Å². The number of halogens is 2. The Balaban J connectivity index is 0.00000189. The third kappa shape index (κ3) is 6.62. The van der Waals surface area contributed by atoms with Gasteiger partial charge in [-0.3, -0.25) is 14.5 Å². The van der Waals surface area contributed by atoms with E-state index in [1.807, 2.05) is 13.8 Å². The summed E-state index contributed by atoms with van der Waals surface area (Å²) >= 11 is 0. The van der Waals surface area contributed by atoms with Crippen LogP contribution < -0.4 is 11.1 Å². The van der Waals surface area contributed by atoms with E-state index in [9.17, 15) is 9.59 Å². The van der Waals surface area contributed by atoms with Crippen molar-refractivity contribution in [3.8, 4) is 0 Å². The number of nitrogens with two attached hydrogens (primary N) is 1. The predicted octanol–water partition coefficient (Wildman–Crippen LogP) is 7.11. The molecule has 3 N–H and O–H groups in total. The fourth-order valence-electron chi connectivity index (χ4n) is 6.25. The van der Waals surface area contributed by atoms with Crippen molar-refractivity contribution in [2.45, 2.75) is 111 Å². The lowest BCUT2D eigenvalue weighted by atomic mass is 9.83. The fourth-order valence-corrected chi connectivity index (χ4v) is 6.25. The molecule has 0 spiro atoms. The number of fused-ring (bicyclic) bond motifs is 6. The van der Waals surface area contributed by atoms with Gasteiger partial charge in [0.25, 0.3) is 11.8 Å². The van der Waals surface area contributed by atoms with E-state index >= 15 is 8.78 Å². The van der Waals surface area contributed by atoms with Crippen molar-refractivity contribution in [3.63, 3.8) is 0 Å². The number of alkyl halides is 2. The minimum atomic E-state index is -3.14. The molecule has 3 heterocycles. The molecule has 3 atom stereocenters. The van der Waals surface area contributed by atoms with Crippen LogP contribution in [-0.2, 0) is 17.1 Å². The van der Waals surface area contributed by atoms with Crippen molar-refractivity contribution >= 4 is 17.8 Å². The summed E-state index contributed by atoms with van der Waals surface area (Å²) in [4.78, 5) is 32.6. The summed E-state index contributed by atoms with van der Waals surface area (Å²) in [6, 6.07) is 9.22. The van der Waals surface area contributed by atoms with E-state index in [0.29, 0.717) is 12.8 Å². The first kappa shape index (κ1) is 30.7. The van der Waals surface area contributed by atoms with E-state index in [-0.39, 0.29) is 58.4 Å². The van der Waals surface area contributed by atoms with Crippen LogP contribution >= 0.6 is 0 Å². The summed E-state index contributed by atoms with van der Waals surface area (Å²) in [6.45, 7) is 12.5. The van der Waals surface area contributed by atoms with E-state index in [1.54, 1.807) is 0 Å². The first-order chi connectivity index (χ1) is 19.3. The SMILES string of the molecule is CC.Cc1ccc2cc1C(CC(C)(C)C)NC(=O)c1ccc3c(c1)[C@@H](CC3(F)F)N1C(=O)CC(CCCC2)N=C1N. The summed E-state index contributed by atoms with van der Waals surface area (Å²) in [5, 5.41) is 3.21. The number of hydrogen-bond acceptors (Lipinski definition) is 4. The maximum absolute atomic E-state index is 15.1. The van der Waals surface area contributed by atoms with Crippen LogP contribution in [0.2, 0.25) is 0 Å². The number of amides is 2. The molecule has 2 amide bonds. The Labute approximate surface area is 242 Å². The predicted molar refractivity (Wildman–Crippen MR) is 159 cm³/mol. The normalized spacial score (nSPS) is 24.0. The van der Waals surface area contributed by atoms with Crippen LogP contribution in [0.15, 0.2) is 41.4 Å². The smallest absolute Gasteiger partial charge is 0.275 e. The number of nitrogens with one attached hydrogen (secondary N) is 1. The summed E-state index contributed by atoms with van der Waals surface area (Å²) in [5.41, 5.74) is 9.91. The van der Waals surface area contributed by atoms with Crippen molar-refractivity contribution < 1.29 is 18.4 Å². The third-order valence-corrected chi connectivity index (χ3v) is 8.16. The van der Waals surface area contributed by atoms with Gasteiger partial charge in [0, 0.05) is 24.0 Å². The highest BCUT2D eigenvalue weighted by Crippen LogP contribution is 2.50. The Kier molecular flexibility index (Phi) is 8.90. The van der Waals surface area contributed by atoms with Gasteiger partial charge in [0.15, 0.2) is 5.96 Å². The molecular formula is C33H44F2N4O2. The molecule has 4 aliphatic rings. The van der Waals surface area contributed by atoms with Gasteiger partial charge < -0.3 is 11.1 Å². The molecule has 3 aliphatic heterocycles. The monoisotopic (exact) mass is 566 g/mol. The highest BCUT2D eigenvalue weighted by molar-refractivity contribution is 5.99. The van der Waals surface area contributed by atoms with Gasteiger partial charge in [0.1, 0.15) is 0 Å². The molecule has 2 unspecified atom stereocenters. The number of hydrogen-bond donors (Lipinski definition) is 2. The molecule has 1 aliphatic carbocycles. The highest BCUT2D eigenvalue weighted by Gasteiger charge is 2.49. The zero-order valence-electron chi connectivity index (χ0n) is 25.2. The largest absolute Gasteiger partial charge is 0.369 e. The maximum atomic E-state index is 15.1. The van der Waals surface area contributed by atoms with Crippen molar-refractivity contribution in [2.24, 2.45) is 16.1 Å². The molecule has 0 saturated carbocycles. The van der Waals surface area contributed by atoms with Crippen LogP contribution in [0, 0.1) is 12.3 Å². The second-order valence-corrected chi connectivity index (χ2v) is 12.6. The molecule has 0 aromatic heterocycles. The second kappa shape index (κ2) is 11.9. The number of carbonyl (C=O) groups is 2. The Morgan fingerprint density at radius 1 is 1.07 bits per heavy atom. The van der Waals surface area contributed by atoms with Crippen molar-refractivity contribution in [2.75, 3.05) is 0 Å². The molecule has 8 heteroatoms. The molecule has 222 valence electrons. The Bertz CT molecular complexity index is 1330. The lowest BCUT2D eigenvalue weighted by molar-refractivity contribution is -0.131. The number of guanidine groups is 1. The standard InChI is InChI=1S/C31H38F2N4O2.C2H6/c1-18-9-10-19-7-5-6-8-21-15-27(38)37(29(34)35-21)26-17-31(32,33)24-12-11-20(14-23(24)26)28(39)36-25(22(18)13-19)16-30(2,3)4;1-2/h9-14,21,25-26H,5-8,15-17H2,1-4H3,(H2,34,35)(H,36,39);1-2H3/t21?,25?,26-;/m1./s1. The van der Waals surface area contributed by atoms with Crippen molar-refractivity contribution in [1.29, 1.82) is 0 Å². The Morgan fingerprint density at radius 3 is 2.49 bits per heavy atom. The molecule has 41 heavy (non-hydrogen) atoms. The van der Waals surface area contributed by atoms with Gasteiger partial charge in [-0.2, -0.15) is 0 Å². The molecule has 0 fully saturated rings. The molecule has 6 nitrogen and oxygen atoms in total. The highest BCUT2D eigenvalue weighted by atomic mass is 19.3. The summed E-state index contributed by atoms with van der Waals surface area (Å²) in [7, 11) is 0. The summed E-state index contributed by atoms with van der Waals surface area (Å²) in [5.74, 6) is -3.80. The molecule has 0 radical (unpaired) electrons. The van der Waals surface area contributed by atoms with Crippen LogP contribution in [0.4, 0.5) is 8.78 Å². The fraction of sp³-hybridized carbons (Fsp3) is 0.545. The quantitative estimate of drug-likeness (QED) is 0.386. The number of aryl methyl sites for hydroxylation is 2. The van der Waals surface area contributed by atoms with E-state index in [1.165, 1.54) is 28.7 Å². The number of carbonyl (C=O) groups excluding carboxylic acids is 2. The van der Waals surface area contributed by atoms with Gasteiger partial charge in [0.05, 0.1) is 18.1 Å². The van der Waals surface area contributed by atoms with Crippen molar-refractivity contribution in [1.82, 2.24) is 10.2 Å². The van der Waals surface area contributed by atoms with Crippen LogP contribution in [-0.4, -0.2) is 28.7 Å². The van der Waals surface area contributed by atoms with Gasteiger partial charge in [-0.25, -0.2) is 13.8 Å². The van der Waals surface area contributed by atoms with E-state index < -0.39 is 18.4 Å². The van der Waals surface area contributed by atoms with Crippen molar-refractivity contribution in [3.05, 3.63) is 69.8 Å². The molecule has 2 aromatic carbocycles.